The summed E-state index contributed by atoms with van der Waals surface area (Å²) in [6.45, 7) is 0. The van der Waals surface area contributed by atoms with Gasteiger partial charge in [0, 0.05) is 60.8 Å². The highest BCUT2D eigenvalue weighted by atomic mass is 16.3. The van der Waals surface area contributed by atoms with Crippen molar-refractivity contribution < 1.29 is 8.83 Å². The smallest absolute Gasteiger partial charge is 0.164 e. The first-order valence-electron chi connectivity index (χ1n) is 19.0. The maximum atomic E-state index is 6.59. The van der Waals surface area contributed by atoms with Crippen molar-refractivity contribution in [3.8, 4) is 51.0 Å². The van der Waals surface area contributed by atoms with E-state index in [0.717, 1.165) is 77.4 Å². The fourth-order valence-corrected chi connectivity index (χ4v) is 8.40. The lowest BCUT2D eigenvalue weighted by molar-refractivity contribution is 0.656. The summed E-state index contributed by atoms with van der Waals surface area (Å²) < 4.78 is 15.4. The second kappa shape index (κ2) is 12.3. The largest absolute Gasteiger partial charge is 0.456 e. The number of hydrogen-bond donors (Lipinski definition) is 0. The van der Waals surface area contributed by atoms with Gasteiger partial charge >= 0.3 is 0 Å². The maximum absolute atomic E-state index is 6.59. The van der Waals surface area contributed by atoms with Crippen LogP contribution in [0.1, 0.15) is 0 Å². The van der Waals surface area contributed by atoms with Crippen LogP contribution in [0, 0.1) is 0 Å². The summed E-state index contributed by atoms with van der Waals surface area (Å²) in [5, 5.41) is 6.43. The zero-order valence-corrected chi connectivity index (χ0v) is 30.4. The first kappa shape index (κ1) is 31.5. The van der Waals surface area contributed by atoms with Crippen molar-refractivity contribution in [2.75, 3.05) is 0 Å². The number of hydrogen-bond acceptors (Lipinski definition) is 5. The van der Waals surface area contributed by atoms with Crippen molar-refractivity contribution >= 4 is 65.7 Å². The van der Waals surface area contributed by atoms with Gasteiger partial charge in [0.05, 0.1) is 11.0 Å². The van der Waals surface area contributed by atoms with Crippen LogP contribution in [0.2, 0.25) is 0 Å². The Bertz CT molecular complexity index is 3450. The van der Waals surface area contributed by atoms with E-state index < -0.39 is 0 Å². The van der Waals surface area contributed by atoms with E-state index in [0.29, 0.717) is 17.5 Å². The molecule has 6 nitrogen and oxygen atoms in total. The number of nitrogens with zero attached hydrogens (tertiary/aromatic N) is 4. The van der Waals surface area contributed by atoms with Gasteiger partial charge in [-0.25, -0.2) is 15.0 Å². The fourth-order valence-electron chi connectivity index (χ4n) is 8.40. The highest BCUT2D eigenvalue weighted by Crippen LogP contribution is 2.42. The van der Waals surface area contributed by atoms with Gasteiger partial charge in [0.15, 0.2) is 17.5 Å². The Kier molecular flexibility index (Phi) is 6.83. The van der Waals surface area contributed by atoms with Gasteiger partial charge in [0.2, 0.25) is 0 Å². The lowest BCUT2D eigenvalue weighted by atomic mass is 10.0. The topological polar surface area (TPSA) is 69.9 Å². The third-order valence-electron chi connectivity index (χ3n) is 11.0. The molecule has 0 amide bonds. The van der Waals surface area contributed by atoms with Crippen LogP contribution < -0.4 is 0 Å². The number of benzene rings is 8. The second-order valence-corrected chi connectivity index (χ2v) is 14.4. The molecule has 0 saturated carbocycles. The van der Waals surface area contributed by atoms with Gasteiger partial charge in [-0.3, -0.25) is 0 Å². The van der Waals surface area contributed by atoms with Crippen molar-refractivity contribution in [1.82, 2.24) is 19.5 Å². The van der Waals surface area contributed by atoms with E-state index in [9.17, 15) is 0 Å². The number of para-hydroxylation sites is 2. The summed E-state index contributed by atoms with van der Waals surface area (Å²) in [5.41, 5.74) is 11.6. The first-order valence-corrected chi connectivity index (χ1v) is 19.0. The monoisotopic (exact) mass is 730 g/mol. The van der Waals surface area contributed by atoms with Gasteiger partial charge in [-0.2, -0.15) is 0 Å². The van der Waals surface area contributed by atoms with Crippen LogP contribution in [0.4, 0.5) is 0 Å². The normalized spacial score (nSPS) is 11.9. The molecule has 0 spiro atoms. The molecule has 57 heavy (non-hydrogen) atoms. The van der Waals surface area contributed by atoms with Crippen molar-refractivity contribution in [2.45, 2.75) is 0 Å². The van der Waals surface area contributed by atoms with Crippen LogP contribution in [-0.4, -0.2) is 19.5 Å². The standard InChI is InChI=1S/C51H30N4O2/c1-4-13-31(14-5-1)49-52-50(32-15-6-2-7-16-32)54-51(53-49)38-20-12-22-44-48(38)41-29-40-37-25-23-34(28-45(37)57-46(40)30-47(41)56-44)33-24-26-43-39(27-33)36-19-10-11-21-42(36)55(43)35-17-8-3-9-18-35/h1-30H. The Labute approximate surface area is 325 Å². The third kappa shape index (κ3) is 5.01. The lowest BCUT2D eigenvalue weighted by Gasteiger charge is -2.09. The minimum Gasteiger partial charge on any atom is -0.456 e. The summed E-state index contributed by atoms with van der Waals surface area (Å²) in [4.78, 5) is 15.0. The lowest BCUT2D eigenvalue weighted by Crippen LogP contribution is -2.00. The number of rotatable bonds is 5. The molecule has 0 aliphatic carbocycles. The van der Waals surface area contributed by atoms with Crippen molar-refractivity contribution in [1.29, 1.82) is 0 Å². The molecule has 0 radical (unpaired) electrons. The zero-order chi connectivity index (χ0) is 37.5. The molecule has 0 saturated heterocycles. The van der Waals surface area contributed by atoms with Crippen molar-refractivity contribution in [3.05, 3.63) is 182 Å². The molecular formula is C51H30N4O2. The molecule has 0 aliphatic heterocycles. The number of aromatic nitrogens is 4. The van der Waals surface area contributed by atoms with E-state index in [1.165, 1.54) is 21.8 Å². The number of furan rings is 2. The minimum absolute atomic E-state index is 0.585. The van der Waals surface area contributed by atoms with E-state index in [1.54, 1.807) is 0 Å². The van der Waals surface area contributed by atoms with Crippen molar-refractivity contribution in [2.24, 2.45) is 0 Å². The maximum Gasteiger partial charge on any atom is 0.164 e. The molecule has 0 bridgehead atoms. The number of fused-ring (bicyclic) bond motifs is 9. The van der Waals surface area contributed by atoms with Gasteiger partial charge in [-0.15, -0.1) is 0 Å². The van der Waals surface area contributed by atoms with E-state index in [4.69, 9.17) is 23.8 Å². The van der Waals surface area contributed by atoms with Crippen LogP contribution in [-0.2, 0) is 0 Å². The summed E-state index contributed by atoms with van der Waals surface area (Å²) >= 11 is 0. The van der Waals surface area contributed by atoms with Crippen LogP contribution in [0.25, 0.3) is 117 Å². The highest BCUT2D eigenvalue weighted by Gasteiger charge is 2.20. The Morgan fingerprint density at radius 1 is 0.333 bits per heavy atom. The Morgan fingerprint density at radius 2 is 0.930 bits per heavy atom. The SMILES string of the molecule is c1ccc(-c2nc(-c3ccccc3)nc(-c3cccc4oc5cc6oc7cc(-c8ccc9c(c8)c8ccccc8n9-c8ccccc8)ccc7c6cc5c34)n2)cc1. The Hall–Kier alpha value is -7.83. The average Bonchev–Trinajstić information content (AvgIpc) is 3.94. The van der Waals surface area contributed by atoms with E-state index in [1.807, 2.05) is 78.9 Å². The molecule has 0 atom stereocenters. The molecule has 266 valence electrons. The van der Waals surface area contributed by atoms with E-state index in [2.05, 4.69) is 108 Å². The van der Waals surface area contributed by atoms with Crippen LogP contribution in [0.3, 0.4) is 0 Å². The average molecular weight is 731 g/mol. The predicted octanol–water partition coefficient (Wildman–Crippen LogP) is 13.4. The molecule has 0 aliphatic rings. The summed E-state index contributed by atoms with van der Waals surface area (Å²) in [6, 6.07) is 62.8. The molecule has 12 rings (SSSR count). The van der Waals surface area contributed by atoms with Gasteiger partial charge in [0.25, 0.3) is 0 Å². The van der Waals surface area contributed by atoms with Crippen molar-refractivity contribution in [3.63, 3.8) is 0 Å². The van der Waals surface area contributed by atoms with E-state index >= 15 is 0 Å². The summed E-state index contributed by atoms with van der Waals surface area (Å²) in [7, 11) is 0. The van der Waals surface area contributed by atoms with Gasteiger partial charge in [0.1, 0.15) is 22.3 Å². The molecule has 0 unspecified atom stereocenters. The molecule has 0 fully saturated rings. The second-order valence-electron chi connectivity index (χ2n) is 14.4. The Morgan fingerprint density at radius 3 is 1.70 bits per heavy atom. The fraction of sp³-hybridized carbons (Fsp3) is 0. The molecular weight excluding hydrogens is 701 g/mol. The predicted molar refractivity (Wildman–Crippen MR) is 230 cm³/mol. The zero-order valence-electron chi connectivity index (χ0n) is 30.4. The van der Waals surface area contributed by atoms with Crippen LogP contribution >= 0.6 is 0 Å². The summed E-state index contributed by atoms with van der Waals surface area (Å²) in [5.74, 6) is 1.82. The quantitative estimate of drug-likeness (QED) is 0.176. The first-order chi connectivity index (χ1) is 28.2. The Balaban J connectivity index is 1.00. The van der Waals surface area contributed by atoms with E-state index in [-0.39, 0.29) is 0 Å². The molecule has 6 heteroatoms. The molecule has 8 aromatic carbocycles. The molecule has 0 N–H and O–H groups in total. The molecule has 4 aromatic heterocycles. The summed E-state index contributed by atoms with van der Waals surface area (Å²) in [6.07, 6.45) is 0. The molecule has 4 heterocycles. The molecule has 12 aromatic rings. The van der Waals surface area contributed by atoms with Crippen LogP contribution in [0.15, 0.2) is 191 Å². The van der Waals surface area contributed by atoms with Gasteiger partial charge in [-0.1, -0.05) is 121 Å². The highest BCUT2D eigenvalue weighted by molar-refractivity contribution is 6.18. The minimum atomic E-state index is 0.585. The van der Waals surface area contributed by atoms with Crippen LogP contribution in [0.5, 0.6) is 0 Å². The van der Waals surface area contributed by atoms with Gasteiger partial charge < -0.3 is 13.4 Å². The van der Waals surface area contributed by atoms with Gasteiger partial charge in [-0.05, 0) is 65.7 Å². The third-order valence-corrected chi connectivity index (χ3v) is 11.0.